The quantitative estimate of drug-likeness (QED) is 0.912. The molecule has 0 amide bonds. The summed E-state index contributed by atoms with van der Waals surface area (Å²) in [6, 6.07) is 4.41. The first kappa shape index (κ1) is 15.3. The van der Waals surface area contributed by atoms with Crippen LogP contribution < -0.4 is 10.2 Å². The zero-order chi connectivity index (χ0) is 15.0. The van der Waals surface area contributed by atoms with Crippen molar-refractivity contribution in [3.63, 3.8) is 0 Å². The van der Waals surface area contributed by atoms with Crippen LogP contribution in [-0.2, 0) is 6.54 Å². The molecule has 1 aliphatic rings. The molecule has 1 aromatic heterocycles. The minimum Gasteiger partial charge on any atom is -0.351 e. The Morgan fingerprint density at radius 2 is 2.00 bits per heavy atom. The van der Waals surface area contributed by atoms with E-state index in [1.807, 2.05) is 0 Å². The van der Waals surface area contributed by atoms with E-state index in [9.17, 15) is 0 Å². The number of nitrogens with one attached hydrogen (secondary N) is 1. The van der Waals surface area contributed by atoms with Gasteiger partial charge < -0.3 is 10.2 Å². The third-order valence-corrected chi connectivity index (χ3v) is 4.17. The molecule has 1 aliphatic heterocycles. The highest BCUT2D eigenvalue weighted by atomic mass is 15.3. The van der Waals surface area contributed by atoms with Crippen LogP contribution in [0.1, 0.15) is 58.7 Å². The number of hydrogen-bond donors (Lipinski definition) is 1. The fraction of sp³-hybridized carbons (Fsp3) is 0.706. The molecule has 0 atom stereocenters. The van der Waals surface area contributed by atoms with Gasteiger partial charge in [-0.05, 0) is 66.0 Å². The molecule has 1 saturated heterocycles. The molecule has 0 saturated carbocycles. The number of aryl methyl sites for hydroxylation is 1. The van der Waals surface area contributed by atoms with Crippen molar-refractivity contribution < 1.29 is 0 Å². The molecule has 3 nitrogen and oxygen atoms in total. The maximum absolute atomic E-state index is 4.84. The molecule has 112 valence electrons. The lowest BCUT2D eigenvalue weighted by molar-refractivity contribution is 0.423. The Balaban J connectivity index is 2.14. The van der Waals surface area contributed by atoms with Gasteiger partial charge in [0.25, 0.3) is 0 Å². The second kappa shape index (κ2) is 5.36. The normalized spacial score (nSPS) is 18.6. The molecular formula is C17H29N3. The van der Waals surface area contributed by atoms with Crippen molar-refractivity contribution >= 4 is 5.82 Å². The van der Waals surface area contributed by atoms with Gasteiger partial charge in [0, 0.05) is 29.9 Å². The highest BCUT2D eigenvalue weighted by Gasteiger charge is 2.32. The number of nitrogens with zero attached hydrogens (tertiary/aromatic N) is 2. The van der Waals surface area contributed by atoms with E-state index in [1.165, 1.54) is 18.4 Å². The SMILES string of the molecule is Cc1nc(N2CCCC2(C)C)ccc1CNC(C)(C)C. The van der Waals surface area contributed by atoms with Gasteiger partial charge in [-0.3, -0.25) is 0 Å². The van der Waals surface area contributed by atoms with Crippen molar-refractivity contribution in [2.45, 2.75) is 72.0 Å². The summed E-state index contributed by atoms with van der Waals surface area (Å²) >= 11 is 0. The Morgan fingerprint density at radius 1 is 1.30 bits per heavy atom. The van der Waals surface area contributed by atoms with E-state index >= 15 is 0 Å². The Labute approximate surface area is 123 Å². The van der Waals surface area contributed by atoms with E-state index in [-0.39, 0.29) is 11.1 Å². The molecule has 1 aromatic rings. The molecule has 3 heteroatoms. The van der Waals surface area contributed by atoms with Crippen molar-refractivity contribution in [3.05, 3.63) is 23.4 Å². The van der Waals surface area contributed by atoms with E-state index in [0.717, 1.165) is 24.6 Å². The Morgan fingerprint density at radius 3 is 2.50 bits per heavy atom. The van der Waals surface area contributed by atoms with Gasteiger partial charge in [-0.25, -0.2) is 4.98 Å². The summed E-state index contributed by atoms with van der Waals surface area (Å²) in [4.78, 5) is 7.28. The summed E-state index contributed by atoms with van der Waals surface area (Å²) in [5.41, 5.74) is 2.81. The molecule has 2 heterocycles. The van der Waals surface area contributed by atoms with Crippen LogP contribution in [-0.4, -0.2) is 22.6 Å². The van der Waals surface area contributed by atoms with Gasteiger partial charge >= 0.3 is 0 Å². The van der Waals surface area contributed by atoms with Crippen LogP contribution in [0.4, 0.5) is 5.82 Å². The second-order valence-electron chi connectivity index (χ2n) is 7.59. The zero-order valence-electron chi connectivity index (χ0n) is 13.9. The standard InChI is InChI=1S/C17H29N3/c1-13-14(12-18-16(2,3)4)8-9-15(19-13)20-11-7-10-17(20,5)6/h8-9,18H,7,10-12H2,1-6H3. The van der Waals surface area contributed by atoms with E-state index in [4.69, 9.17) is 4.98 Å². The average molecular weight is 275 g/mol. The van der Waals surface area contributed by atoms with Crippen LogP contribution in [0.15, 0.2) is 12.1 Å². The maximum atomic E-state index is 4.84. The summed E-state index contributed by atoms with van der Waals surface area (Å²) in [6.45, 7) is 15.3. The van der Waals surface area contributed by atoms with E-state index in [2.05, 4.69) is 63.9 Å². The minimum atomic E-state index is 0.141. The van der Waals surface area contributed by atoms with Gasteiger partial charge in [-0.2, -0.15) is 0 Å². The van der Waals surface area contributed by atoms with Gasteiger partial charge in [0.05, 0.1) is 0 Å². The smallest absolute Gasteiger partial charge is 0.129 e. The minimum absolute atomic E-state index is 0.141. The monoisotopic (exact) mass is 275 g/mol. The topological polar surface area (TPSA) is 28.2 Å². The largest absolute Gasteiger partial charge is 0.351 e. The van der Waals surface area contributed by atoms with Crippen LogP contribution in [0.25, 0.3) is 0 Å². The molecular weight excluding hydrogens is 246 g/mol. The van der Waals surface area contributed by atoms with Gasteiger partial charge in [-0.15, -0.1) is 0 Å². The molecule has 0 radical (unpaired) electrons. The number of anilines is 1. The average Bonchev–Trinajstić information content (AvgIpc) is 2.66. The zero-order valence-corrected chi connectivity index (χ0v) is 13.9. The van der Waals surface area contributed by atoms with Crippen LogP contribution in [0.2, 0.25) is 0 Å². The third kappa shape index (κ3) is 3.51. The molecule has 0 aliphatic carbocycles. The summed E-state index contributed by atoms with van der Waals surface area (Å²) in [5.74, 6) is 1.13. The molecule has 0 aromatic carbocycles. The van der Waals surface area contributed by atoms with E-state index < -0.39 is 0 Å². The molecule has 0 bridgehead atoms. The van der Waals surface area contributed by atoms with E-state index in [1.54, 1.807) is 0 Å². The molecule has 2 rings (SSSR count). The molecule has 1 fully saturated rings. The predicted molar refractivity (Wildman–Crippen MR) is 86.2 cm³/mol. The highest BCUT2D eigenvalue weighted by molar-refractivity contribution is 5.45. The summed E-state index contributed by atoms with van der Waals surface area (Å²) in [6.07, 6.45) is 2.52. The van der Waals surface area contributed by atoms with Crippen molar-refractivity contribution in [2.75, 3.05) is 11.4 Å². The molecule has 20 heavy (non-hydrogen) atoms. The van der Waals surface area contributed by atoms with Crippen LogP contribution in [0.5, 0.6) is 0 Å². The number of rotatable bonds is 3. The Hall–Kier alpha value is -1.09. The first-order chi connectivity index (χ1) is 9.19. The van der Waals surface area contributed by atoms with Crippen LogP contribution >= 0.6 is 0 Å². The maximum Gasteiger partial charge on any atom is 0.129 e. The Kier molecular flexibility index (Phi) is 4.10. The first-order valence-electron chi connectivity index (χ1n) is 7.68. The number of hydrogen-bond acceptors (Lipinski definition) is 3. The number of pyridine rings is 1. The molecule has 0 spiro atoms. The van der Waals surface area contributed by atoms with Crippen molar-refractivity contribution in [3.8, 4) is 0 Å². The van der Waals surface area contributed by atoms with Crippen molar-refractivity contribution in [1.82, 2.24) is 10.3 Å². The molecule has 0 unspecified atom stereocenters. The van der Waals surface area contributed by atoms with Crippen LogP contribution in [0.3, 0.4) is 0 Å². The van der Waals surface area contributed by atoms with Gasteiger partial charge in [-0.1, -0.05) is 6.07 Å². The van der Waals surface area contributed by atoms with Crippen molar-refractivity contribution in [1.29, 1.82) is 0 Å². The molecule has 1 N–H and O–H groups in total. The van der Waals surface area contributed by atoms with E-state index in [0.29, 0.717) is 0 Å². The fourth-order valence-electron chi connectivity index (χ4n) is 2.81. The lowest BCUT2D eigenvalue weighted by atomic mass is 10.0. The summed E-state index contributed by atoms with van der Waals surface area (Å²) in [5, 5.41) is 3.53. The van der Waals surface area contributed by atoms with Gasteiger partial charge in [0.1, 0.15) is 5.82 Å². The Bertz CT molecular complexity index is 472. The summed E-state index contributed by atoms with van der Waals surface area (Å²) < 4.78 is 0. The number of aromatic nitrogens is 1. The third-order valence-electron chi connectivity index (χ3n) is 4.17. The first-order valence-corrected chi connectivity index (χ1v) is 7.68. The van der Waals surface area contributed by atoms with Crippen molar-refractivity contribution in [2.24, 2.45) is 0 Å². The predicted octanol–water partition coefficient (Wildman–Crippen LogP) is 3.66. The highest BCUT2D eigenvalue weighted by Crippen LogP contribution is 2.32. The van der Waals surface area contributed by atoms with Crippen LogP contribution in [0, 0.1) is 6.92 Å². The van der Waals surface area contributed by atoms with Gasteiger partial charge in [0.15, 0.2) is 0 Å². The lowest BCUT2D eigenvalue weighted by Crippen LogP contribution is -2.39. The lowest BCUT2D eigenvalue weighted by Gasteiger charge is -2.33. The fourth-order valence-corrected chi connectivity index (χ4v) is 2.81. The summed E-state index contributed by atoms with van der Waals surface area (Å²) in [7, 11) is 0. The van der Waals surface area contributed by atoms with Gasteiger partial charge in [0.2, 0.25) is 0 Å². The second-order valence-corrected chi connectivity index (χ2v) is 7.59.